The summed E-state index contributed by atoms with van der Waals surface area (Å²) in [4.78, 5) is 11.9. The standard InChI is InChI=1S/C19H26N2O3S/c1-20-18(22)12-14-13-19(17-5-3-2-4-16(14)17)8-10-21(11-9-19)25(23,24)15-6-7-15/h2-5,14-15H,6-13H2,1H3,(H,20,22)/t14-/m0/s1. The predicted molar refractivity (Wildman–Crippen MR) is 96.9 cm³/mol. The van der Waals surface area contributed by atoms with E-state index in [9.17, 15) is 13.2 Å². The maximum atomic E-state index is 12.5. The van der Waals surface area contributed by atoms with Crippen LogP contribution in [0.25, 0.3) is 0 Å². The van der Waals surface area contributed by atoms with E-state index in [-0.39, 0.29) is 22.5 Å². The molecule has 3 aliphatic rings. The Kier molecular flexibility index (Phi) is 4.15. The second kappa shape index (κ2) is 6.09. The number of fused-ring (bicyclic) bond motifs is 2. The van der Waals surface area contributed by atoms with Gasteiger partial charge in [-0.1, -0.05) is 24.3 Å². The third-order valence-electron chi connectivity index (χ3n) is 6.30. The molecule has 1 saturated heterocycles. The molecule has 136 valence electrons. The van der Waals surface area contributed by atoms with E-state index in [4.69, 9.17) is 0 Å². The number of carbonyl (C=O) groups is 1. The number of hydrogen-bond donors (Lipinski definition) is 1. The van der Waals surface area contributed by atoms with Crippen molar-refractivity contribution in [1.82, 2.24) is 9.62 Å². The molecule has 1 saturated carbocycles. The maximum Gasteiger partial charge on any atom is 0.220 e. The molecule has 2 aliphatic carbocycles. The minimum atomic E-state index is -3.08. The molecule has 0 bridgehead atoms. The smallest absolute Gasteiger partial charge is 0.220 e. The first kappa shape index (κ1) is 17.0. The molecule has 0 radical (unpaired) electrons. The van der Waals surface area contributed by atoms with Crippen LogP contribution in [-0.2, 0) is 20.2 Å². The average molecular weight is 362 g/mol. The van der Waals surface area contributed by atoms with E-state index in [1.807, 2.05) is 6.07 Å². The van der Waals surface area contributed by atoms with E-state index < -0.39 is 10.0 Å². The lowest BCUT2D eigenvalue weighted by atomic mass is 9.73. The summed E-state index contributed by atoms with van der Waals surface area (Å²) in [6, 6.07) is 8.44. The predicted octanol–water partition coefficient (Wildman–Crippen LogP) is 2.14. The summed E-state index contributed by atoms with van der Waals surface area (Å²) >= 11 is 0. The molecule has 1 amide bonds. The second-order valence-corrected chi connectivity index (χ2v) is 10.0. The first-order valence-electron chi connectivity index (χ1n) is 9.25. The Bertz CT molecular complexity index is 778. The van der Waals surface area contributed by atoms with Gasteiger partial charge in [0.25, 0.3) is 0 Å². The molecule has 1 N–H and O–H groups in total. The van der Waals surface area contributed by atoms with Crippen LogP contribution in [0, 0.1) is 0 Å². The molecular formula is C19H26N2O3S. The van der Waals surface area contributed by atoms with Gasteiger partial charge in [0, 0.05) is 26.6 Å². The molecule has 0 aromatic heterocycles. The lowest BCUT2D eigenvalue weighted by Gasteiger charge is -2.40. The van der Waals surface area contributed by atoms with Gasteiger partial charge in [-0.2, -0.15) is 0 Å². The number of sulfonamides is 1. The van der Waals surface area contributed by atoms with Crippen LogP contribution in [-0.4, -0.2) is 44.0 Å². The van der Waals surface area contributed by atoms with Crippen LogP contribution in [0.15, 0.2) is 24.3 Å². The highest BCUT2D eigenvalue weighted by Crippen LogP contribution is 2.53. The number of carbonyl (C=O) groups excluding carboxylic acids is 1. The SMILES string of the molecule is CNC(=O)C[C@H]1CC2(CCN(S(=O)(=O)C3CC3)CC2)c2ccccc21. The summed E-state index contributed by atoms with van der Waals surface area (Å²) in [5, 5.41) is 2.61. The van der Waals surface area contributed by atoms with Crippen LogP contribution in [0.4, 0.5) is 0 Å². The molecule has 1 aromatic rings. The minimum absolute atomic E-state index is 0.0326. The Balaban J connectivity index is 1.56. The highest BCUT2D eigenvalue weighted by molar-refractivity contribution is 7.90. The summed E-state index contributed by atoms with van der Waals surface area (Å²) in [6.07, 6.45) is 4.83. The summed E-state index contributed by atoms with van der Waals surface area (Å²) in [6.45, 7) is 1.22. The topological polar surface area (TPSA) is 66.5 Å². The van der Waals surface area contributed by atoms with Crippen molar-refractivity contribution in [2.24, 2.45) is 0 Å². The maximum absolute atomic E-state index is 12.5. The van der Waals surface area contributed by atoms with Crippen LogP contribution in [0.3, 0.4) is 0 Å². The molecule has 4 rings (SSSR count). The monoisotopic (exact) mass is 362 g/mol. The van der Waals surface area contributed by atoms with Gasteiger partial charge in [0.15, 0.2) is 0 Å². The fourth-order valence-corrected chi connectivity index (χ4v) is 6.60. The van der Waals surface area contributed by atoms with Gasteiger partial charge >= 0.3 is 0 Å². The van der Waals surface area contributed by atoms with E-state index in [2.05, 4.69) is 23.5 Å². The van der Waals surface area contributed by atoms with Crippen molar-refractivity contribution >= 4 is 15.9 Å². The first-order chi connectivity index (χ1) is 12.0. The zero-order valence-electron chi connectivity index (χ0n) is 14.7. The number of amides is 1. The fraction of sp³-hybridized carbons (Fsp3) is 0.632. The van der Waals surface area contributed by atoms with Gasteiger partial charge in [-0.05, 0) is 54.6 Å². The highest BCUT2D eigenvalue weighted by Gasteiger charge is 2.49. The molecule has 25 heavy (non-hydrogen) atoms. The van der Waals surface area contributed by atoms with Gasteiger partial charge in [-0.15, -0.1) is 0 Å². The summed E-state index contributed by atoms with van der Waals surface area (Å²) in [5.74, 6) is 0.313. The van der Waals surface area contributed by atoms with Gasteiger partial charge in [0.1, 0.15) is 0 Å². The molecule has 1 aromatic carbocycles. The molecule has 1 heterocycles. The Hall–Kier alpha value is -1.40. The van der Waals surface area contributed by atoms with Gasteiger partial charge in [0.05, 0.1) is 5.25 Å². The van der Waals surface area contributed by atoms with Crippen molar-refractivity contribution in [3.8, 4) is 0 Å². The van der Waals surface area contributed by atoms with Crippen LogP contribution < -0.4 is 5.32 Å². The summed E-state index contributed by atoms with van der Waals surface area (Å²) in [7, 11) is -1.40. The zero-order valence-corrected chi connectivity index (χ0v) is 15.5. The number of benzene rings is 1. The number of hydrogen-bond acceptors (Lipinski definition) is 3. The van der Waals surface area contributed by atoms with Crippen LogP contribution in [0.1, 0.15) is 55.6 Å². The Morgan fingerprint density at radius 1 is 1.24 bits per heavy atom. The third kappa shape index (κ3) is 2.89. The molecule has 6 heteroatoms. The van der Waals surface area contributed by atoms with E-state index in [0.29, 0.717) is 19.5 Å². The van der Waals surface area contributed by atoms with Crippen molar-refractivity contribution in [3.05, 3.63) is 35.4 Å². The number of piperidine rings is 1. The van der Waals surface area contributed by atoms with Crippen LogP contribution in [0.5, 0.6) is 0 Å². The number of nitrogens with one attached hydrogen (secondary N) is 1. The molecule has 1 aliphatic heterocycles. The Morgan fingerprint density at radius 2 is 1.92 bits per heavy atom. The Morgan fingerprint density at radius 3 is 2.56 bits per heavy atom. The third-order valence-corrected chi connectivity index (χ3v) is 8.70. The molecule has 1 spiro atoms. The zero-order chi connectivity index (χ0) is 17.7. The van der Waals surface area contributed by atoms with Crippen molar-refractivity contribution in [2.45, 2.75) is 55.1 Å². The van der Waals surface area contributed by atoms with E-state index >= 15 is 0 Å². The lowest BCUT2D eigenvalue weighted by molar-refractivity contribution is -0.121. The molecule has 1 atom stereocenters. The molecular weight excluding hydrogens is 336 g/mol. The van der Waals surface area contributed by atoms with E-state index in [0.717, 1.165) is 32.1 Å². The second-order valence-electron chi connectivity index (χ2n) is 7.79. The molecule has 5 nitrogen and oxygen atoms in total. The first-order valence-corrected chi connectivity index (χ1v) is 10.8. The van der Waals surface area contributed by atoms with Gasteiger partial charge in [-0.25, -0.2) is 12.7 Å². The van der Waals surface area contributed by atoms with Gasteiger partial charge in [-0.3, -0.25) is 4.79 Å². The van der Waals surface area contributed by atoms with E-state index in [1.54, 1.807) is 11.4 Å². The highest BCUT2D eigenvalue weighted by atomic mass is 32.2. The quantitative estimate of drug-likeness (QED) is 0.892. The lowest BCUT2D eigenvalue weighted by Crippen LogP contribution is -2.45. The van der Waals surface area contributed by atoms with Crippen LogP contribution >= 0.6 is 0 Å². The Labute approximate surface area is 149 Å². The average Bonchev–Trinajstić information content (AvgIpc) is 3.43. The van der Waals surface area contributed by atoms with Crippen LogP contribution in [0.2, 0.25) is 0 Å². The largest absolute Gasteiger partial charge is 0.359 e. The van der Waals surface area contributed by atoms with Crippen molar-refractivity contribution < 1.29 is 13.2 Å². The minimum Gasteiger partial charge on any atom is -0.359 e. The van der Waals surface area contributed by atoms with Crippen molar-refractivity contribution in [1.29, 1.82) is 0 Å². The molecule has 0 unspecified atom stereocenters. The van der Waals surface area contributed by atoms with E-state index in [1.165, 1.54) is 11.1 Å². The number of rotatable bonds is 4. The van der Waals surface area contributed by atoms with Crippen molar-refractivity contribution in [2.75, 3.05) is 20.1 Å². The fourth-order valence-electron chi connectivity index (χ4n) is 4.75. The summed E-state index contributed by atoms with van der Waals surface area (Å²) < 4.78 is 26.7. The summed E-state index contributed by atoms with van der Waals surface area (Å²) in [5.41, 5.74) is 2.65. The number of nitrogens with zero attached hydrogens (tertiary/aromatic N) is 1. The van der Waals surface area contributed by atoms with Crippen molar-refractivity contribution in [3.63, 3.8) is 0 Å². The van der Waals surface area contributed by atoms with Gasteiger partial charge in [0.2, 0.25) is 15.9 Å². The van der Waals surface area contributed by atoms with Gasteiger partial charge < -0.3 is 5.32 Å². The normalized spacial score (nSPS) is 25.7. The molecule has 2 fully saturated rings.